The molecule has 0 aliphatic carbocycles. The van der Waals surface area contributed by atoms with Crippen molar-refractivity contribution in [3.63, 3.8) is 0 Å². The second-order valence-electron chi connectivity index (χ2n) is 7.58. The molecule has 1 unspecified atom stereocenters. The van der Waals surface area contributed by atoms with E-state index in [-0.39, 0.29) is 18.8 Å². The second kappa shape index (κ2) is 10.8. The van der Waals surface area contributed by atoms with Crippen LogP contribution in [0.2, 0.25) is 0 Å². The van der Waals surface area contributed by atoms with Gasteiger partial charge in [-0.3, -0.25) is 4.79 Å². The number of aromatic carboxylic acids is 1. The van der Waals surface area contributed by atoms with Gasteiger partial charge >= 0.3 is 5.97 Å². The Morgan fingerprint density at radius 1 is 1.00 bits per heavy atom. The molecule has 1 aromatic heterocycles. The Hall–Kier alpha value is -3.32. The lowest BCUT2D eigenvalue weighted by Crippen LogP contribution is -2.25. The van der Waals surface area contributed by atoms with Crippen LogP contribution in [0.1, 0.15) is 48.4 Å². The number of rotatable bonds is 11. The molecule has 32 heavy (non-hydrogen) atoms. The largest absolute Gasteiger partial charge is 0.490 e. The van der Waals surface area contributed by atoms with Crippen molar-refractivity contribution < 1.29 is 28.9 Å². The Morgan fingerprint density at radius 3 is 2.38 bits per heavy atom. The van der Waals surface area contributed by atoms with Gasteiger partial charge in [-0.15, -0.1) is 0 Å². The molecule has 1 atom stereocenters. The van der Waals surface area contributed by atoms with Gasteiger partial charge in [0.1, 0.15) is 36.4 Å². The first-order valence-corrected chi connectivity index (χ1v) is 10.8. The predicted octanol–water partition coefficient (Wildman–Crippen LogP) is 4.21. The molecule has 3 aromatic rings. The lowest BCUT2D eigenvalue weighted by molar-refractivity contribution is 0.0620. The standard InChI is InChI=1S/C25H28O7/c1-3-7-16-9-5-6-10-21(16)30-14-17(26)15-31-22-12-11-18-20(27)13-23(25(28)29)32-24(18)19(22)8-4-2/h5-6,9-13,17,26H,3-4,7-8,14-15H2,1-2H3,(H,28,29). The van der Waals surface area contributed by atoms with Crippen molar-refractivity contribution in [2.45, 2.75) is 45.6 Å². The molecule has 0 aliphatic heterocycles. The minimum absolute atomic E-state index is 0.0268. The molecule has 3 rings (SSSR count). The Kier molecular flexibility index (Phi) is 7.89. The number of aryl methyl sites for hydroxylation is 2. The predicted molar refractivity (Wildman–Crippen MR) is 121 cm³/mol. The zero-order valence-electron chi connectivity index (χ0n) is 18.3. The number of hydrogen-bond acceptors (Lipinski definition) is 6. The second-order valence-corrected chi connectivity index (χ2v) is 7.58. The average Bonchev–Trinajstić information content (AvgIpc) is 2.78. The molecule has 2 aromatic carbocycles. The SMILES string of the molecule is CCCc1ccccc1OCC(O)COc1ccc2c(=O)cc(C(=O)O)oc2c1CCC. The Labute approximate surface area is 186 Å². The first kappa shape index (κ1) is 23.3. The number of para-hydroxylation sites is 1. The lowest BCUT2D eigenvalue weighted by Gasteiger charge is -2.17. The highest BCUT2D eigenvalue weighted by Crippen LogP contribution is 2.29. The van der Waals surface area contributed by atoms with Gasteiger partial charge in [-0.1, -0.05) is 44.9 Å². The molecule has 0 radical (unpaired) electrons. The van der Waals surface area contributed by atoms with Crippen LogP contribution in [0.5, 0.6) is 11.5 Å². The van der Waals surface area contributed by atoms with E-state index in [1.54, 1.807) is 12.1 Å². The summed E-state index contributed by atoms with van der Waals surface area (Å²) in [4.78, 5) is 23.6. The molecule has 0 bridgehead atoms. The highest BCUT2D eigenvalue weighted by molar-refractivity contribution is 5.89. The minimum Gasteiger partial charge on any atom is -0.490 e. The van der Waals surface area contributed by atoms with Crippen molar-refractivity contribution in [3.05, 3.63) is 69.6 Å². The maximum atomic E-state index is 12.3. The molecular weight excluding hydrogens is 412 g/mol. The van der Waals surface area contributed by atoms with Gasteiger partial charge in [0.05, 0.1) is 5.39 Å². The first-order chi connectivity index (χ1) is 15.4. The Balaban J connectivity index is 1.76. The highest BCUT2D eigenvalue weighted by atomic mass is 16.5. The molecule has 0 amide bonds. The molecule has 1 heterocycles. The van der Waals surface area contributed by atoms with Gasteiger partial charge in [0.25, 0.3) is 0 Å². The molecular formula is C25H28O7. The summed E-state index contributed by atoms with van der Waals surface area (Å²) in [6.07, 6.45) is 2.26. The summed E-state index contributed by atoms with van der Waals surface area (Å²) in [7, 11) is 0. The summed E-state index contributed by atoms with van der Waals surface area (Å²) in [5, 5.41) is 19.9. The topological polar surface area (TPSA) is 106 Å². The quantitative estimate of drug-likeness (QED) is 0.460. The van der Waals surface area contributed by atoms with E-state index in [0.29, 0.717) is 23.1 Å². The average molecular weight is 440 g/mol. The molecule has 7 heteroatoms. The number of carboxylic acids is 1. The van der Waals surface area contributed by atoms with Crippen LogP contribution in [-0.2, 0) is 12.8 Å². The summed E-state index contributed by atoms with van der Waals surface area (Å²) in [6.45, 7) is 4.09. The molecule has 2 N–H and O–H groups in total. The van der Waals surface area contributed by atoms with E-state index in [0.717, 1.165) is 36.6 Å². The zero-order chi connectivity index (χ0) is 23.1. The summed E-state index contributed by atoms with van der Waals surface area (Å²) >= 11 is 0. The van der Waals surface area contributed by atoms with Crippen LogP contribution in [-0.4, -0.2) is 35.5 Å². The fourth-order valence-electron chi connectivity index (χ4n) is 3.52. The van der Waals surface area contributed by atoms with E-state index in [4.69, 9.17) is 13.9 Å². The third-order valence-electron chi connectivity index (χ3n) is 5.02. The third kappa shape index (κ3) is 5.48. The van der Waals surface area contributed by atoms with E-state index in [1.807, 2.05) is 31.2 Å². The monoisotopic (exact) mass is 440 g/mol. The molecule has 0 saturated heterocycles. The molecule has 0 aliphatic rings. The lowest BCUT2D eigenvalue weighted by atomic mass is 10.0. The summed E-state index contributed by atoms with van der Waals surface area (Å²) in [5.74, 6) is -0.547. The third-order valence-corrected chi connectivity index (χ3v) is 5.02. The number of ether oxygens (including phenoxy) is 2. The van der Waals surface area contributed by atoms with Crippen molar-refractivity contribution in [1.29, 1.82) is 0 Å². The summed E-state index contributed by atoms with van der Waals surface area (Å²) in [6, 6.07) is 11.9. The van der Waals surface area contributed by atoms with Crippen LogP contribution < -0.4 is 14.9 Å². The number of hydrogen-bond donors (Lipinski definition) is 2. The van der Waals surface area contributed by atoms with Crippen LogP contribution in [0, 0.1) is 0 Å². The van der Waals surface area contributed by atoms with Gasteiger partial charge in [-0.05, 0) is 36.6 Å². The van der Waals surface area contributed by atoms with Crippen molar-refractivity contribution in [3.8, 4) is 11.5 Å². The van der Waals surface area contributed by atoms with E-state index in [1.165, 1.54) is 0 Å². The minimum atomic E-state index is -1.31. The van der Waals surface area contributed by atoms with Gasteiger partial charge < -0.3 is 24.1 Å². The van der Waals surface area contributed by atoms with Gasteiger partial charge in [0.15, 0.2) is 5.43 Å². The van der Waals surface area contributed by atoms with Crippen LogP contribution >= 0.6 is 0 Å². The number of carboxylic acid groups (broad SMARTS) is 1. The van der Waals surface area contributed by atoms with Crippen molar-refractivity contribution >= 4 is 16.9 Å². The van der Waals surface area contributed by atoms with Crippen LogP contribution in [0.15, 0.2) is 51.7 Å². The summed E-state index contributed by atoms with van der Waals surface area (Å²) < 4.78 is 17.1. The molecule has 7 nitrogen and oxygen atoms in total. The van der Waals surface area contributed by atoms with Crippen LogP contribution in [0.3, 0.4) is 0 Å². The van der Waals surface area contributed by atoms with Gasteiger partial charge in [0.2, 0.25) is 5.76 Å². The number of aliphatic hydroxyl groups is 1. The van der Waals surface area contributed by atoms with Crippen LogP contribution in [0.4, 0.5) is 0 Å². The maximum Gasteiger partial charge on any atom is 0.371 e. The number of carbonyl (C=O) groups is 1. The van der Waals surface area contributed by atoms with E-state index < -0.39 is 23.3 Å². The number of benzene rings is 2. The number of fused-ring (bicyclic) bond motifs is 1. The smallest absolute Gasteiger partial charge is 0.371 e. The van der Waals surface area contributed by atoms with E-state index in [9.17, 15) is 19.8 Å². The number of aliphatic hydroxyl groups excluding tert-OH is 1. The fourth-order valence-corrected chi connectivity index (χ4v) is 3.52. The first-order valence-electron chi connectivity index (χ1n) is 10.8. The molecule has 0 saturated carbocycles. The maximum absolute atomic E-state index is 12.3. The van der Waals surface area contributed by atoms with E-state index >= 15 is 0 Å². The van der Waals surface area contributed by atoms with Crippen molar-refractivity contribution in [1.82, 2.24) is 0 Å². The van der Waals surface area contributed by atoms with Gasteiger partial charge in [-0.25, -0.2) is 4.79 Å². The molecule has 0 spiro atoms. The Morgan fingerprint density at radius 2 is 1.69 bits per heavy atom. The van der Waals surface area contributed by atoms with E-state index in [2.05, 4.69) is 6.92 Å². The zero-order valence-corrected chi connectivity index (χ0v) is 18.3. The molecule has 170 valence electrons. The van der Waals surface area contributed by atoms with Crippen molar-refractivity contribution in [2.75, 3.05) is 13.2 Å². The van der Waals surface area contributed by atoms with Gasteiger partial charge in [0, 0.05) is 11.6 Å². The molecule has 0 fully saturated rings. The Bertz CT molecular complexity index is 1130. The normalized spacial score (nSPS) is 12.0. The van der Waals surface area contributed by atoms with Gasteiger partial charge in [-0.2, -0.15) is 0 Å². The fraction of sp³-hybridized carbons (Fsp3) is 0.360. The van der Waals surface area contributed by atoms with Crippen molar-refractivity contribution in [2.24, 2.45) is 0 Å². The highest BCUT2D eigenvalue weighted by Gasteiger charge is 2.18. The summed E-state index contributed by atoms with van der Waals surface area (Å²) in [5.41, 5.74) is 1.47. The van der Waals surface area contributed by atoms with Crippen LogP contribution in [0.25, 0.3) is 11.0 Å².